The molecule has 2 N–H and O–H groups in total. The Morgan fingerprint density at radius 1 is 1.21 bits per heavy atom. The molecule has 2 unspecified atom stereocenters. The number of hydrogen-bond acceptors (Lipinski definition) is 6. The number of halogens is 1. The molecule has 0 bridgehead atoms. The van der Waals surface area contributed by atoms with Gasteiger partial charge in [-0.1, -0.05) is 13.8 Å². The van der Waals surface area contributed by atoms with Gasteiger partial charge in [0, 0.05) is 19.7 Å². The van der Waals surface area contributed by atoms with Gasteiger partial charge in [0.25, 0.3) is 0 Å². The molecule has 0 aromatic carbocycles. The third-order valence-corrected chi connectivity index (χ3v) is 5.47. The Balaban J connectivity index is 0.00000784. The Kier molecular flexibility index (Phi) is 14.5. The van der Waals surface area contributed by atoms with Gasteiger partial charge in [-0.25, -0.2) is 9.78 Å². The molecule has 7 nitrogen and oxygen atoms in total. The normalized spacial score (nSPS) is 13.6. The highest BCUT2D eigenvalue weighted by molar-refractivity contribution is 14.0. The number of carbonyl (C=O) groups excluding carboxylic acids is 1. The van der Waals surface area contributed by atoms with Crippen LogP contribution in [0, 0.1) is 12.8 Å². The first-order valence-electron chi connectivity index (χ1n) is 10.1. The lowest BCUT2D eigenvalue weighted by Gasteiger charge is -2.20. The minimum atomic E-state index is -0.313. The van der Waals surface area contributed by atoms with Crippen molar-refractivity contribution in [2.75, 3.05) is 26.3 Å². The molecule has 2 atom stereocenters. The smallest absolute Gasteiger partial charge is 0.350 e. The van der Waals surface area contributed by atoms with Gasteiger partial charge in [0.05, 0.1) is 24.4 Å². The van der Waals surface area contributed by atoms with Crippen LogP contribution in [0.3, 0.4) is 0 Å². The number of esters is 1. The van der Waals surface area contributed by atoms with Crippen molar-refractivity contribution in [2.24, 2.45) is 10.9 Å². The summed E-state index contributed by atoms with van der Waals surface area (Å²) in [5.41, 5.74) is 0.700. The lowest BCUT2D eigenvalue weighted by Crippen LogP contribution is -2.39. The minimum absolute atomic E-state index is 0. The molecule has 0 spiro atoms. The van der Waals surface area contributed by atoms with Gasteiger partial charge in [0.15, 0.2) is 5.96 Å². The van der Waals surface area contributed by atoms with E-state index in [2.05, 4.69) is 34.5 Å². The molecule has 1 heterocycles. The van der Waals surface area contributed by atoms with Crippen LogP contribution in [-0.2, 0) is 9.47 Å². The van der Waals surface area contributed by atoms with E-state index in [4.69, 9.17) is 9.47 Å². The third-order valence-electron chi connectivity index (χ3n) is 4.15. The van der Waals surface area contributed by atoms with E-state index in [1.54, 1.807) is 6.92 Å². The summed E-state index contributed by atoms with van der Waals surface area (Å²) in [5, 5.41) is 7.47. The van der Waals surface area contributed by atoms with Crippen molar-refractivity contribution in [3.63, 3.8) is 0 Å². The summed E-state index contributed by atoms with van der Waals surface area (Å²) in [5.74, 6) is 0.885. The van der Waals surface area contributed by atoms with E-state index < -0.39 is 0 Å². The van der Waals surface area contributed by atoms with Crippen molar-refractivity contribution in [1.29, 1.82) is 0 Å². The number of carbonyl (C=O) groups is 1. The lowest BCUT2D eigenvalue weighted by molar-refractivity contribution is 0.0266. The Morgan fingerprint density at radius 3 is 2.45 bits per heavy atom. The summed E-state index contributed by atoms with van der Waals surface area (Å²) in [6.45, 7) is 16.5. The molecule has 0 radical (unpaired) electrons. The molecule has 29 heavy (non-hydrogen) atoms. The van der Waals surface area contributed by atoms with E-state index in [0.717, 1.165) is 23.9 Å². The first-order chi connectivity index (χ1) is 13.3. The van der Waals surface area contributed by atoms with Crippen molar-refractivity contribution in [1.82, 2.24) is 15.6 Å². The summed E-state index contributed by atoms with van der Waals surface area (Å²) in [6, 6.07) is -0.0718. The highest BCUT2D eigenvalue weighted by Crippen LogP contribution is 2.24. The number of ether oxygens (including phenoxy) is 2. The second kappa shape index (κ2) is 15.0. The minimum Gasteiger partial charge on any atom is -0.462 e. The Hall–Kier alpha value is -0.940. The molecule has 0 saturated carbocycles. The van der Waals surface area contributed by atoms with E-state index in [1.165, 1.54) is 11.3 Å². The molecular formula is C20H37IN4O3S. The van der Waals surface area contributed by atoms with Crippen LogP contribution in [0.1, 0.15) is 74.4 Å². The van der Waals surface area contributed by atoms with Crippen molar-refractivity contribution in [3.05, 3.63) is 15.6 Å². The number of aromatic nitrogens is 1. The zero-order chi connectivity index (χ0) is 21.1. The maximum Gasteiger partial charge on any atom is 0.350 e. The monoisotopic (exact) mass is 540 g/mol. The lowest BCUT2D eigenvalue weighted by atomic mass is 10.0. The average Bonchev–Trinajstić information content (AvgIpc) is 3.03. The van der Waals surface area contributed by atoms with Crippen LogP contribution < -0.4 is 10.6 Å². The summed E-state index contributed by atoms with van der Waals surface area (Å²) in [6.07, 6.45) is 1.09. The number of aliphatic imine (C=N–C) groups is 1. The molecule has 0 fully saturated rings. The molecule has 0 amide bonds. The fourth-order valence-corrected chi connectivity index (χ4v) is 3.67. The molecular weight excluding hydrogens is 503 g/mol. The zero-order valence-corrected chi connectivity index (χ0v) is 21.9. The van der Waals surface area contributed by atoms with Gasteiger partial charge < -0.3 is 20.1 Å². The van der Waals surface area contributed by atoms with Gasteiger partial charge in [-0.2, -0.15) is 0 Å². The van der Waals surface area contributed by atoms with Crippen molar-refractivity contribution >= 4 is 47.2 Å². The number of rotatable bonds is 11. The van der Waals surface area contributed by atoms with E-state index in [-0.39, 0.29) is 42.1 Å². The van der Waals surface area contributed by atoms with Gasteiger partial charge in [-0.3, -0.25) is 4.99 Å². The largest absolute Gasteiger partial charge is 0.462 e. The van der Waals surface area contributed by atoms with Crippen LogP contribution in [0.25, 0.3) is 0 Å². The van der Waals surface area contributed by atoms with Gasteiger partial charge in [0.2, 0.25) is 0 Å². The van der Waals surface area contributed by atoms with Crippen LogP contribution in [0.5, 0.6) is 0 Å². The number of guanidine groups is 1. The fourth-order valence-electron chi connectivity index (χ4n) is 2.70. The number of nitrogens with one attached hydrogen (secondary N) is 2. The predicted molar refractivity (Wildman–Crippen MR) is 131 cm³/mol. The first kappa shape index (κ1) is 28.1. The SMILES string of the molecule is CCNC(=NCCC(OCC)C(C)C)NC(C)c1nc(C)c(C(=O)OCC)s1.I. The molecule has 1 aromatic rings. The van der Waals surface area contributed by atoms with Crippen LogP contribution >= 0.6 is 35.3 Å². The highest BCUT2D eigenvalue weighted by Gasteiger charge is 2.20. The van der Waals surface area contributed by atoms with Crippen molar-refractivity contribution < 1.29 is 14.3 Å². The van der Waals surface area contributed by atoms with Gasteiger partial charge in [-0.15, -0.1) is 35.3 Å². The number of thiazole rings is 1. The first-order valence-corrected chi connectivity index (χ1v) is 11.0. The van der Waals surface area contributed by atoms with Crippen LogP contribution in [0.4, 0.5) is 0 Å². The Morgan fingerprint density at radius 2 is 1.90 bits per heavy atom. The van der Waals surface area contributed by atoms with Gasteiger partial charge >= 0.3 is 5.97 Å². The van der Waals surface area contributed by atoms with E-state index in [1.807, 2.05) is 27.7 Å². The summed E-state index contributed by atoms with van der Waals surface area (Å²) < 4.78 is 10.9. The fraction of sp³-hybridized carbons (Fsp3) is 0.750. The second-order valence-corrected chi connectivity index (χ2v) is 7.87. The molecule has 0 saturated heterocycles. The topological polar surface area (TPSA) is 84.8 Å². The summed E-state index contributed by atoms with van der Waals surface area (Å²) >= 11 is 1.36. The molecule has 0 aliphatic heterocycles. The second-order valence-electron chi connectivity index (χ2n) is 6.84. The quantitative estimate of drug-likeness (QED) is 0.188. The standard InChI is InChI=1S/C20H36N4O3S.HI/c1-8-21-20(22-12-11-16(13(4)5)26-9-2)24-15(7)18-23-14(6)17(28-18)19(25)27-10-3;/h13,15-16H,8-12H2,1-7H3,(H2,21,22,24);1H. The number of nitrogens with zero attached hydrogens (tertiary/aromatic N) is 2. The molecule has 0 aliphatic rings. The maximum absolute atomic E-state index is 12.0. The van der Waals surface area contributed by atoms with Crippen LogP contribution in [-0.4, -0.2) is 49.3 Å². The van der Waals surface area contributed by atoms with Gasteiger partial charge in [0.1, 0.15) is 9.88 Å². The maximum atomic E-state index is 12.0. The van der Waals surface area contributed by atoms with Crippen molar-refractivity contribution in [2.45, 2.75) is 67.0 Å². The molecule has 9 heteroatoms. The number of hydrogen-bond donors (Lipinski definition) is 2. The molecule has 0 aliphatic carbocycles. The summed E-state index contributed by atoms with van der Waals surface area (Å²) in [4.78, 5) is 21.8. The average molecular weight is 541 g/mol. The van der Waals surface area contributed by atoms with Crippen LogP contribution in [0.2, 0.25) is 0 Å². The van der Waals surface area contributed by atoms with Gasteiger partial charge in [-0.05, 0) is 47.0 Å². The molecule has 168 valence electrons. The number of aryl methyl sites for hydroxylation is 1. The molecule has 1 aromatic heterocycles. The van der Waals surface area contributed by atoms with E-state index in [0.29, 0.717) is 36.2 Å². The highest BCUT2D eigenvalue weighted by atomic mass is 127. The third kappa shape index (κ3) is 9.61. The van der Waals surface area contributed by atoms with Crippen LogP contribution in [0.15, 0.2) is 4.99 Å². The Labute approximate surface area is 196 Å². The Bertz CT molecular complexity index is 637. The molecule has 1 rings (SSSR count). The zero-order valence-electron chi connectivity index (χ0n) is 18.7. The van der Waals surface area contributed by atoms with Crippen molar-refractivity contribution in [3.8, 4) is 0 Å². The van der Waals surface area contributed by atoms with E-state index in [9.17, 15) is 4.79 Å². The summed E-state index contributed by atoms with van der Waals surface area (Å²) in [7, 11) is 0. The van der Waals surface area contributed by atoms with E-state index >= 15 is 0 Å². The predicted octanol–water partition coefficient (Wildman–Crippen LogP) is 4.31.